The SMILES string of the molecule is CCCN(CCC)S(=O)(=O)c1ccc(C(=O)N(CCCN2CCOCC2)c2nc3ccc(OCC)cc3s2)cc1.Cl. The molecule has 0 atom stereocenters. The lowest BCUT2D eigenvalue weighted by molar-refractivity contribution is 0.0376. The van der Waals surface area contributed by atoms with E-state index in [-0.39, 0.29) is 23.2 Å². The number of benzene rings is 2. The molecule has 0 radical (unpaired) electrons. The lowest BCUT2D eigenvalue weighted by atomic mass is 10.2. The second-order valence-corrected chi connectivity index (χ2v) is 12.7. The third-order valence-corrected chi connectivity index (χ3v) is 9.73. The van der Waals surface area contributed by atoms with Gasteiger partial charge in [0.2, 0.25) is 10.0 Å². The van der Waals surface area contributed by atoms with Crippen LogP contribution in [0.4, 0.5) is 5.13 Å². The minimum Gasteiger partial charge on any atom is -0.494 e. The molecular weight excluding hydrogens is 584 g/mol. The van der Waals surface area contributed by atoms with Gasteiger partial charge in [-0.2, -0.15) is 4.31 Å². The molecule has 0 N–H and O–H groups in total. The molecule has 0 saturated carbocycles. The summed E-state index contributed by atoms with van der Waals surface area (Å²) in [5.41, 5.74) is 1.24. The van der Waals surface area contributed by atoms with E-state index >= 15 is 0 Å². The molecule has 4 rings (SSSR count). The van der Waals surface area contributed by atoms with E-state index in [1.165, 1.54) is 15.6 Å². The van der Waals surface area contributed by atoms with Crippen LogP contribution in [0.1, 0.15) is 50.4 Å². The van der Waals surface area contributed by atoms with Crippen LogP contribution in [0.5, 0.6) is 5.75 Å². The zero-order valence-corrected chi connectivity index (χ0v) is 26.5. The van der Waals surface area contributed by atoms with E-state index in [1.807, 2.05) is 39.0 Å². The number of anilines is 1. The van der Waals surface area contributed by atoms with Crippen LogP contribution in [-0.4, -0.2) is 87.6 Å². The number of nitrogens with zero attached hydrogens (tertiary/aromatic N) is 4. The summed E-state index contributed by atoms with van der Waals surface area (Å²) in [6.45, 7) is 12.0. The number of ether oxygens (including phenoxy) is 2. The number of rotatable bonds is 14. The summed E-state index contributed by atoms with van der Waals surface area (Å²) in [6, 6.07) is 12.1. The van der Waals surface area contributed by atoms with Crippen LogP contribution < -0.4 is 9.64 Å². The third kappa shape index (κ3) is 8.39. The molecule has 2 heterocycles. The Hall–Kier alpha value is -2.28. The summed E-state index contributed by atoms with van der Waals surface area (Å²) in [7, 11) is -3.62. The first-order valence-corrected chi connectivity index (χ1v) is 16.4. The highest BCUT2D eigenvalue weighted by molar-refractivity contribution is 7.89. The first-order chi connectivity index (χ1) is 19.4. The van der Waals surface area contributed by atoms with Crippen molar-refractivity contribution in [1.29, 1.82) is 0 Å². The molecule has 3 aromatic rings. The molecule has 9 nitrogen and oxygen atoms in total. The van der Waals surface area contributed by atoms with Crippen LogP contribution in [0.15, 0.2) is 47.4 Å². The van der Waals surface area contributed by atoms with Crippen LogP contribution in [0.25, 0.3) is 10.2 Å². The second kappa shape index (κ2) is 15.8. The van der Waals surface area contributed by atoms with Gasteiger partial charge in [-0.15, -0.1) is 12.4 Å². The summed E-state index contributed by atoms with van der Waals surface area (Å²) in [5.74, 6) is 0.571. The Morgan fingerprint density at radius 2 is 1.71 bits per heavy atom. The van der Waals surface area contributed by atoms with Crippen molar-refractivity contribution in [1.82, 2.24) is 14.2 Å². The fraction of sp³-hybridized carbons (Fsp3) is 0.517. The molecule has 2 aromatic carbocycles. The van der Waals surface area contributed by atoms with Gasteiger partial charge in [0.05, 0.1) is 34.9 Å². The minimum atomic E-state index is -3.62. The van der Waals surface area contributed by atoms with Gasteiger partial charge in [0.25, 0.3) is 5.91 Å². The van der Waals surface area contributed by atoms with Gasteiger partial charge in [-0.1, -0.05) is 25.2 Å². The Labute approximate surface area is 253 Å². The average molecular weight is 625 g/mol. The van der Waals surface area contributed by atoms with E-state index < -0.39 is 10.0 Å². The zero-order chi connectivity index (χ0) is 28.5. The smallest absolute Gasteiger partial charge is 0.260 e. The van der Waals surface area contributed by atoms with Crippen molar-refractivity contribution in [3.8, 4) is 5.75 Å². The van der Waals surface area contributed by atoms with E-state index in [1.54, 1.807) is 29.2 Å². The van der Waals surface area contributed by atoms with E-state index in [9.17, 15) is 13.2 Å². The van der Waals surface area contributed by atoms with Gasteiger partial charge in [-0.25, -0.2) is 13.4 Å². The molecule has 1 aliphatic heterocycles. The zero-order valence-electron chi connectivity index (χ0n) is 24.1. The quantitative estimate of drug-likeness (QED) is 0.240. The summed E-state index contributed by atoms with van der Waals surface area (Å²) in [4.78, 5) is 22.9. The molecule has 1 aromatic heterocycles. The third-order valence-electron chi connectivity index (χ3n) is 6.78. The number of thiazole rings is 1. The van der Waals surface area contributed by atoms with Gasteiger partial charge in [0.15, 0.2) is 5.13 Å². The Kier molecular flexibility index (Phi) is 12.8. The second-order valence-electron chi connectivity index (χ2n) is 9.75. The lowest BCUT2D eigenvalue weighted by Gasteiger charge is -2.27. The Morgan fingerprint density at radius 3 is 2.34 bits per heavy atom. The van der Waals surface area contributed by atoms with Gasteiger partial charge in [0, 0.05) is 44.8 Å². The number of amides is 1. The van der Waals surface area contributed by atoms with Crippen LogP contribution in [-0.2, 0) is 14.8 Å². The molecule has 0 spiro atoms. The number of fused-ring (bicyclic) bond motifs is 1. The van der Waals surface area contributed by atoms with Crippen molar-refractivity contribution < 1.29 is 22.7 Å². The van der Waals surface area contributed by atoms with E-state index in [0.717, 1.165) is 68.1 Å². The Morgan fingerprint density at radius 1 is 1.02 bits per heavy atom. The molecule has 0 bridgehead atoms. The van der Waals surface area contributed by atoms with Gasteiger partial charge in [-0.3, -0.25) is 14.6 Å². The number of carbonyl (C=O) groups excluding carboxylic acids is 1. The van der Waals surface area contributed by atoms with E-state index in [2.05, 4.69) is 4.90 Å². The van der Waals surface area contributed by atoms with Crippen molar-refractivity contribution in [2.24, 2.45) is 0 Å². The maximum absolute atomic E-state index is 13.8. The summed E-state index contributed by atoms with van der Waals surface area (Å²) >= 11 is 1.45. The van der Waals surface area contributed by atoms with Crippen molar-refractivity contribution in [3.63, 3.8) is 0 Å². The molecule has 1 saturated heterocycles. The molecule has 1 fully saturated rings. The maximum atomic E-state index is 13.8. The largest absolute Gasteiger partial charge is 0.494 e. The molecule has 0 aliphatic carbocycles. The number of hydrogen-bond acceptors (Lipinski definition) is 8. The summed E-state index contributed by atoms with van der Waals surface area (Å²) in [5, 5.41) is 0.615. The summed E-state index contributed by atoms with van der Waals surface area (Å²) < 4.78 is 40.0. The first kappa shape index (κ1) is 33.2. The lowest BCUT2D eigenvalue weighted by Crippen LogP contribution is -2.39. The van der Waals surface area contributed by atoms with Crippen molar-refractivity contribution >= 4 is 55.0 Å². The standard InChI is InChI=1S/C29H40N4O5S2.ClH/c1-4-14-32(15-5-2)40(35,36)25-11-8-23(9-12-25)28(34)33(17-7-16-31-18-20-37-21-19-31)29-30-26-13-10-24(38-6-3)22-27(26)39-29;/h8-13,22H,4-7,14-21H2,1-3H3;1H. The highest BCUT2D eigenvalue weighted by atomic mass is 35.5. The Bertz CT molecular complexity index is 1360. The Balaban J connectivity index is 0.00000462. The van der Waals surface area contributed by atoms with E-state index in [0.29, 0.717) is 36.9 Å². The molecule has 1 aliphatic rings. The van der Waals surface area contributed by atoms with Gasteiger partial charge in [-0.05, 0) is 68.7 Å². The molecule has 41 heavy (non-hydrogen) atoms. The molecule has 226 valence electrons. The number of sulfonamides is 1. The fourth-order valence-electron chi connectivity index (χ4n) is 4.75. The number of morpholine rings is 1. The average Bonchev–Trinajstić information content (AvgIpc) is 3.39. The van der Waals surface area contributed by atoms with Gasteiger partial charge in [0.1, 0.15) is 5.75 Å². The molecular formula is C29H41ClN4O5S2. The number of aromatic nitrogens is 1. The van der Waals surface area contributed by atoms with Crippen LogP contribution in [0.3, 0.4) is 0 Å². The maximum Gasteiger partial charge on any atom is 0.260 e. The number of hydrogen-bond donors (Lipinski definition) is 0. The molecule has 1 amide bonds. The number of carbonyl (C=O) groups is 1. The first-order valence-electron chi connectivity index (χ1n) is 14.1. The monoisotopic (exact) mass is 624 g/mol. The van der Waals surface area contributed by atoms with Crippen molar-refractivity contribution in [3.05, 3.63) is 48.0 Å². The normalized spacial score (nSPS) is 14.2. The van der Waals surface area contributed by atoms with Crippen molar-refractivity contribution in [2.45, 2.75) is 44.9 Å². The predicted molar refractivity (Wildman–Crippen MR) is 167 cm³/mol. The van der Waals surface area contributed by atoms with Crippen LogP contribution >= 0.6 is 23.7 Å². The summed E-state index contributed by atoms with van der Waals surface area (Å²) in [6.07, 6.45) is 2.26. The topological polar surface area (TPSA) is 92.3 Å². The van der Waals surface area contributed by atoms with Gasteiger partial charge >= 0.3 is 0 Å². The van der Waals surface area contributed by atoms with E-state index in [4.69, 9.17) is 14.5 Å². The predicted octanol–water partition coefficient (Wildman–Crippen LogP) is 5.30. The molecule has 12 heteroatoms. The van der Waals surface area contributed by atoms with Crippen LogP contribution in [0.2, 0.25) is 0 Å². The fourth-order valence-corrected chi connectivity index (χ4v) is 7.39. The highest BCUT2D eigenvalue weighted by Gasteiger charge is 2.25. The van der Waals surface area contributed by atoms with Gasteiger partial charge < -0.3 is 9.47 Å². The highest BCUT2D eigenvalue weighted by Crippen LogP contribution is 2.32. The van der Waals surface area contributed by atoms with Crippen molar-refractivity contribution in [2.75, 3.05) is 64.0 Å². The number of halogens is 1. The molecule has 0 unspecified atom stereocenters. The minimum absolute atomic E-state index is 0. The van der Waals surface area contributed by atoms with Crippen LogP contribution in [0, 0.1) is 0 Å².